The van der Waals surface area contributed by atoms with Crippen molar-refractivity contribution in [3.63, 3.8) is 0 Å². The van der Waals surface area contributed by atoms with E-state index < -0.39 is 12.0 Å². The molecule has 124 valence electrons. The Morgan fingerprint density at radius 2 is 1.96 bits per heavy atom. The van der Waals surface area contributed by atoms with Crippen LogP contribution in [0.1, 0.15) is 24.8 Å². The van der Waals surface area contributed by atoms with Crippen LogP contribution in [-0.4, -0.2) is 46.9 Å². The van der Waals surface area contributed by atoms with Crippen LogP contribution in [0.25, 0.3) is 0 Å². The second kappa shape index (κ2) is 7.62. The molecular formula is C16H21N3O4. The van der Waals surface area contributed by atoms with Gasteiger partial charge in [-0.05, 0) is 37.0 Å². The molecular weight excluding hydrogens is 298 g/mol. The average molecular weight is 319 g/mol. The Bertz CT molecular complexity index is 585. The van der Waals surface area contributed by atoms with Gasteiger partial charge >= 0.3 is 5.97 Å². The second-order valence-electron chi connectivity index (χ2n) is 5.69. The molecule has 1 heterocycles. The first-order valence-electron chi connectivity index (χ1n) is 7.60. The normalized spacial score (nSPS) is 18.3. The number of amides is 2. The van der Waals surface area contributed by atoms with E-state index in [-0.39, 0.29) is 24.8 Å². The monoisotopic (exact) mass is 319 g/mol. The van der Waals surface area contributed by atoms with E-state index in [0.717, 1.165) is 18.4 Å². The Hall–Kier alpha value is -2.57. The lowest BCUT2D eigenvalue weighted by molar-refractivity contribution is -0.145. The van der Waals surface area contributed by atoms with Crippen LogP contribution in [0.2, 0.25) is 0 Å². The molecule has 0 saturated carbocycles. The summed E-state index contributed by atoms with van der Waals surface area (Å²) in [4.78, 5) is 36.6. The predicted molar refractivity (Wildman–Crippen MR) is 84.6 cm³/mol. The lowest BCUT2D eigenvalue weighted by Crippen LogP contribution is -2.49. The van der Waals surface area contributed by atoms with Gasteiger partial charge in [-0.1, -0.05) is 12.1 Å². The van der Waals surface area contributed by atoms with E-state index in [9.17, 15) is 14.4 Å². The molecule has 2 rings (SSSR count). The van der Waals surface area contributed by atoms with Crippen LogP contribution in [0.5, 0.6) is 0 Å². The van der Waals surface area contributed by atoms with Gasteiger partial charge < -0.3 is 21.1 Å². The van der Waals surface area contributed by atoms with Crippen LogP contribution < -0.4 is 11.1 Å². The first kappa shape index (κ1) is 16.8. The Morgan fingerprint density at radius 3 is 2.61 bits per heavy atom. The number of likely N-dealkylation sites (tertiary alicyclic amines) is 1. The van der Waals surface area contributed by atoms with Gasteiger partial charge in [0.1, 0.15) is 12.6 Å². The van der Waals surface area contributed by atoms with Gasteiger partial charge in [0.25, 0.3) is 0 Å². The smallest absolute Gasteiger partial charge is 0.323 e. The average Bonchev–Trinajstić information content (AvgIpc) is 2.65. The quantitative estimate of drug-likeness (QED) is 0.680. The molecule has 1 aromatic carbocycles. The van der Waals surface area contributed by atoms with Gasteiger partial charge in [-0.15, -0.1) is 0 Å². The number of carbonyl (C=O) groups is 3. The fourth-order valence-electron chi connectivity index (χ4n) is 2.63. The van der Waals surface area contributed by atoms with Gasteiger partial charge in [-0.2, -0.15) is 0 Å². The van der Waals surface area contributed by atoms with Crippen molar-refractivity contribution in [3.8, 4) is 0 Å². The highest BCUT2D eigenvalue weighted by Gasteiger charge is 2.29. The van der Waals surface area contributed by atoms with Crippen molar-refractivity contribution in [3.05, 3.63) is 29.8 Å². The van der Waals surface area contributed by atoms with E-state index in [1.54, 1.807) is 24.3 Å². The molecule has 1 atom stereocenters. The molecule has 23 heavy (non-hydrogen) atoms. The number of carboxylic acid groups (broad SMARTS) is 1. The summed E-state index contributed by atoms with van der Waals surface area (Å²) in [7, 11) is 0. The largest absolute Gasteiger partial charge is 0.480 e. The summed E-state index contributed by atoms with van der Waals surface area (Å²) in [5.41, 5.74) is 7.03. The minimum absolute atomic E-state index is 0.156. The van der Waals surface area contributed by atoms with Crippen molar-refractivity contribution in [1.82, 2.24) is 10.2 Å². The number of hydrogen-bond donors (Lipinski definition) is 3. The number of nitrogens with two attached hydrogens (primary N) is 1. The molecule has 0 aliphatic carbocycles. The number of carboxylic acids is 1. The molecule has 1 aromatic rings. The molecule has 0 bridgehead atoms. The molecule has 2 amide bonds. The Labute approximate surface area is 134 Å². The lowest BCUT2D eigenvalue weighted by Gasteiger charge is -2.23. The van der Waals surface area contributed by atoms with E-state index in [1.165, 1.54) is 4.90 Å². The van der Waals surface area contributed by atoms with E-state index in [1.807, 2.05) is 0 Å². The second-order valence-corrected chi connectivity index (χ2v) is 5.69. The third-order valence-corrected chi connectivity index (χ3v) is 3.79. The van der Waals surface area contributed by atoms with Crippen LogP contribution in [-0.2, 0) is 20.8 Å². The van der Waals surface area contributed by atoms with Gasteiger partial charge in [0.15, 0.2) is 0 Å². The number of anilines is 1. The molecule has 7 nitrogen and oxygen atoms in total. The zero-order valence-electron chi connectivity index (χ0n) is 12.8. The summed E-state index contributed by atoms with van der Waals surface area (Å²) in [6.07, 6.45) is 2.20. The maximum atomic E-state index is 12.3. The number of benzene rings is 1. The molecule has 1 fully saturated rings. The molecule has 0 spiro atoms. The molecule has 1 unspecified atom stereocenters. The van der Waals surface area contributed by atoms with E-state index in [2.05, 4.69) is 5.32 Å². The van der Waals surface area contributed by atoms with Crippen LogP contribution in [0.4, 0.5) is 5.69 Å². The van der Waals surface area contributed by atoms with Gasteiger partial charge in [0.2, 0.25) is 11.8 Å². The highest BCUT2D eigenvalue weighted by Crippen LogP contribution is 2.13. The summed E-state index contributed by atoms with van der Waals surface area (Å²) in [6, 6.07) is 6.31. The van der Waals surface area contributed by atoms with Crippen molar-refractivity contribution in [2.45, 2.75) is 31.7 Å². The summed E-state index contributed by atoms with van der Waals surface area (Å²) in [5, 5.41) is 11.6. The first-order valence-corrected chi connectivity index (χ1v) is 7.60. The molecule has 0 aromatic heterocycles. The summed E-state index contributed by atoms with van der Waals surface area (Å²) in [6.45, 7) is 0.0820. The number of rotatable bonds is 5. The highest BCUT2D eigenvalue weighted by molar-refractivity contribution is 5.90. The van der Waals surface area contributed by atoms with Gasteiger partial charge in [-0.3, -0.25) is 14.4 Å². The van der Waals surface area contributed by atoms with Crippen molar-refractivity contribution < 1.29 is 19.5 Å². The number of nitrogen functional groups attached to an aromatic ring is 1. The van der Waals surface area contributed by atoms with Crippen LogP contribution in [0.3, 0.4) is 0 Å². The highest BCUT2D eigenvalue weighted by atomic mass is 16.4. The molecule has 0 radical (unpaired) electrons. The Kier molecular flexibility index (Phi) is 5.56. The number of aliphatic carboxylic acids is 1. The third kappa shape index (κ3) is 4.98. The fraction of sp³-hybridized carbons (Fsp3) is 0.438. The van der Waals surface area contributed by atoms with Gasteiger partial charge in [0, 0.05) is 12.2 Å². The lowest BCUT2D eigenvalue weighted by atomic mass is 10.1. The van der Waals surface area contributed by atoms with E-state index in [0.29, 0.717) is 18.7 Å². The number of nitrogens with zero attached hydrogens (tertiary/aromatic N) is 1. The van der Waals surface area contributed by atoms with Crippen LogP contribution in [0.15, 0.2) is 24.3 Å². The number of nitrogens with one attached hydrogen (secondary N) is 1. The molecule has 7 heteroatoms. The first-order chi connectivity index (χ1) is 11.0. The van der Waals surface area contributed by atoms with Gasteiger partial charge in [-0.25, -0.2) is 0 Å². The van der Waals surface area contributed by atoms with Gasteiger partial charge in [0.05, 0.1) is 6.42 Å². The molecule has 1 saturated heterocycles. The fourth-order valence-corrected chi connectivity index (χ4v) is 2.63. The Morgan fingerprint density at radius 1 is 1.26 bits per heavy atom. The maximum Gasteiger partial charge on any atom is 0.323 e. The minimum atomic E-state index is -1.05. The zero-order chi connectivity index (χ0) is 16.8. The minimum Gasteiger partial charge on any atom is -0.480 e. The summed E-state index contributed by atoms with van der Waals surface area (Å²) in [5.74, 6) is -1.63. The van der Waals surface area contributed by atoms with Crippen molar-refractivity contribution in [1.29, 1.82) is 0 Å². The predicted octanol–water partition coefficient (Wildman–Crippen LogP) is 0.393. The van der Waals surface area contributed by atoms with Crippen molar-refractivity contribution >= 4 is 23.5 Å². The molecule has 1 aliphatic rings. The van der Waals surface area contributed by atoms with E-state index >= 15 is 0 Å². The molecule has 1 aliphatic heterocycles. The van der Waals surface area contributed by atoms with Crippen LogP contribution >= 0.6 is 0 Å². The number of hydrogen-bond acceptors (Lipinski definition) is 4. The summed E-state index contributed by atoms with van der Waals surface area (Å²) < 4.78 is 0. The standard InChI is InChI=1S/C16H21N3O4/c17-12-6-4-11(5-7-12)9-14(20)18-13-3-1-2-8-19(16(13)23)10-15(21)22/h4-7,13H,1-3,8-10,17H2,(H,18,20)(H,21,22). The third-order valence-electron chi connectivity index (χ3n) is 3.79. The Balaban J connectivity index is 1.96. The zero-order valence-corrected chi connectivity index (χ0v) is 12.8. The van der Waals surface area contributed by atoms with Crippen LogP contribution in [0, 0.1) is 0 Å². The summed E-state index contributed by atoms with van der Waals surface area (Å²) >= 11 is 0. The maximum absolute atomic E-state index is 12.3. The van der Waals surface area contributed by atoms with Crippen molar-refractivity contribution in [2.75, 3.05) is 18.8 Å². The number of carbonyl (C=O) groups excluding carboxylic acids is 2. The topological polar surface area (TPSA) is 113 Å². The van der Waals surface area contributed by atoms with E-state index in [4.69, 9.17) is 10.8 Å². The van der Waals surface area contributed by atoms with Crippen molar-refractivity contribution in [2.24, 2.45) is 0 Å². The molecule has 4 N–H and O–H groups in total. The SMILES string of the molecule is Nc1ccc(CC(=O)NC2CCCCN(CC(=O)O)C2=O)cc1.